The number of nitrogens with zero attached hydrogens (tertiary/aromatic N) is 1. The average molecular weight is 337 g/mol. The van der Waals surface area contributed by atoms with Gasteiger partial charge in [0.15, 0.2) is 0 Å². The third-order valence-electron chi connectivity index (χ3n) is 3.06. The summed E-state index contributed by atoms with van der Waals surface area (Å²) >= 11 is 10.7. The summed E-state index contributed by atoms with van der Waals surface area (Å²) in [5.74, 6) is 0. The van der Waals surface area contributed by atoms with E-state index < -0.39 is 22.2 Å². The third-order valence-corrected chi connectivity index (χ3v) is 5.61. The number of β-amino-alcohol motifs (C(OH)–C–C–N with tert-alkyl or cyclic N) is 2. The molecule has 0 spiro atoms. The summed E-state index contributed by atoms with van der Waals surface area (Å²) in [6.45, 7) is -0.367. The average Bonchev–Trinajstić information content (AvgIpc) is 2.70. The van der Waals surface area contributed by atoms with Gasteiger partial charge in [-0.05, 0) is 12.1 Å². The summed E-state index contributed by atoms with van der Waals surface area (Å²) in [5.41, 5.74) is 5.85. The number of nitrogens with two attached hydrogens (primary N) is 1. The topological polar surface area (TPSA) is 104 Å². The standard InChI is InChI=1S/C11H13ClN2O4S2/c12-7-2-1-6(11(13)19)3-10(7)20(17,18)14-4-8(15)9(16)5-14/h1-3,8-9,15-16H,4-5H2,(H2,13,19). The molecule has 6 nitrogen and oxygen atoms in total. The van der Waals surface area contributed by atoms with E-state index in [0.717, 1.165) is 4.31 Å². The van der Waals surface area contributed by atoms with Crippen LogP contribution < -0.4 is 5.73 Å². The molecule has 1 heterocycles. The van der Waals surface area contributed by atoms with Crippen LogP contribution in [0.25, 0.3) is 0 Å². The van der Waals surface area contributed by atoms with E-state index in [4.69, 9.17) is 29.6 Å². The molecule has 9 heteroatoms. The van der Waals surface area contributed by atoms with E-state index >= 15 is 0 Å². The summed E-state index contributed by atoms with van der Waals surface area (Å²) in [6, 6.07) is 4.21. The SMILES string of the molecule is NC(=S)c1ccc(Cl)c(S(=O)(=O)N2CC(O)C(O)C2)c1. The van der Waals surface area contributed by atoms with E-state index in [0.29, 0.717) is 5.56 Å². The molecular formula is C11H13ClN2O4S2. The Labute approximate surface area is 126 Å². The van der Waals surface area contributed by atoms with Gasteiger partial charge in [0.05, 0.1) is 17.2 Å². The Morgan fingerprint density at radius 2 is 1.90 bits per heavy atom. The van der Waals surface area contributed by atoms with Gasteiger partial charge in [0.1, 0.15) is 9.88 Å². The first-order valence-corrected chi connectivity index (χ1v) is 7.91. The molecule has 110 valence electrons. The zero-order chi connectivity index (χ0) is 15.1. The molecular weight excluding hydrogens is 324 g/mol. The molecule has 1 fully saturated rings. The van der Waals surface area contributed by atoms with Crippen LogP contribution in [0.15, 0.2) is 23.1 Å². The number of aliphatic hydroxyl groups is 2. The van der Waals surface area contributed by atoms with Crippen LogP contribution in [0.4, 0.5) is 0 Å². The molecule has 0 radical (unpaired) electrons. The molecule has 1 aliphatic heterocycles. The van der Waals surface area contributed by atoms with E-state index in [1.54, 1.807) is 0 Å². The van der Waals surface area contributed by atoms with Crippen molar-refractivity contribution in [2.24, 2.45) is 5.73 Å². The number of sulfonamides is 1. The van der Waals surface area contributed by atoms with Gasteiger partial charge >= 0.3 is 0 Å². The molecule has 1 aromatic rings. The fourth-order valence-electron chi connectivity index (χ4n) is 1.92. The highest BCUT2D eigenvalue weighted by molar-refractivity contribution is 7.89. The van der Waals surface area contributed by atoms with Crippen molar-refractivity contribution in [2.75, 3.05) is 13.1 Å². The highest BCUT2D eigenvalue weighted by Crippen LogP contribution is 2.28. The van der Waals surface area contributed by atoms with Gasteiger partial charge in [0.25, 0.3) is 0 Å². The largest absolute Gasteiger partial charge is 0.389 e. The molecule has 20 heavy (non-hydrogen) atoms. The number of rotatable bonds is 3. The maximum Gasteiger partial charge on any atom is 0.244 e. The Morgan fingerprint density at radius 1 is 1.35 bits per heavy atom. The molecule has 2 rings (SSSR count). The quantitative estimate of drug-likeness (QED) is 0.655. The smallest absolute Gasteiger partial charge is 0.244 e. The molecule has 0 amide bonds. The minimum absolute atomic E-state index is 0.0286. The lowest BCUT2D eigenvalue weighted by Gasteiger charge is -2.17. The summed E-state index contributed by atoms with van der Waals surface area (Å²) in [5, 5.41) is 18.9. The van der Waals surface area contributed by atoms with Crippen molar-refractivity contribution in [3.8, 4) is 0 Å². The third kappa shape index (κ3) is 2.80. The lowest BCUT2D eigenvalue weighted by molar-refractivity contribution is 0.0572. The summed E-state index contributed by atoms with van der Waals surface area (Å²) in [6.07, 6.45) is -2.22. The predicted molar refractivity (Wildman–Crippen MR) is 78.1 cm³/mol. The van der Waals surface area contributed by atoms with Crippen molar-refractivity contribution in [1.82, 2.24) is 4.31 Å². The Bertz CT molecular complexity index is 640. The van der Waals surface area contributed by atoms with Crippen molar-refractivity contribution in [1.29, 1.82) is 0 Å². The van der Waals surface area contributed by atoms with Gasteiger partial charge in [-0.3, -0.25) is 0 Å². The number of hydrogen-bond acceptors (Lipinski definition) is 5. The van der Waals surface area contributed by atoms with Gasteiger partial charge in [0.2, 0.25) is 10.0 Å². The fourth-order valence-corrected chi connectivity index (χ4v) is 4.03. The molecule has 0 aromatic heterocycles. The summed E-state index contributed by atoms with van der Waals surface area (Å²) in [7, 11) is -3.93. The molecule has 0 saturated carbocycles. The monoisotopic (exact) mass is 336 g/mol. The van der Waals surface area contributed by atoms with Crippen LogP contribution in [0, 0.1) is 0 Å². The second-order valence-corrected chi connectivity index (χ2v) is 7.22. The first-order valence-electron chi connectivity index (χ1n) is 5.69. The minimum atomic E-state index is -3.93. The van der Waals surface area contributed by atoms with Gasteiger partial charge in [-0.2, -0.15) is 4.31 Å². The van der Waals surface area contributed by atoms with Crippen LogP contribution in [0.3, 0.4) is 0 Å². The molecule has 0 aliphatic carbocycles. The van der Waals surface area contributed by atoms with Crippen LogP contribution >= 0.6 is 23.8 Å². The van der Waals surface area contributed by atoms with Crippen molar-refractivity contribution in [3.05, 3.63) is 28.8 Å². The highest BCUT2D eigenvalue weighted by Gasteiger charge is 2.38. The van der Waals surface area contributed by atoms with Crippen molar-refractivity contribution < 1.29 is 18.6 Å². The molecule has 0 bridgehead atoms. The van der Waals surface area contributed by atoms with E-state index in [-0.39, 0.29) is 28.0 Å². The predicted octanol–water partition coefficient (Wildman–Crippen LogP) is -0.300. The number of halogens is 1. The molecule has 1 aliphatic rings. The highest BCUT2D eigenvalue weighted by atomic mass is 35.5. The second-order valence-electron chi connectivity index (χ2n) is 4.47. The minimum Gasteiger partial charge on any atom is -0.389 e. The van der Waals surface area contributed by atoms with Crippen LogP contribution in [0.1, 0.15) is 5.56 Å². The number of hydrogen-bond donors (Lipinski definition) is 3. The number of benzene rings is 1. The summed E-state index contributed by atoms with van der Waals surface area (Å²) < 4.78 is 25.9. The van der Waals surface area contributed by atoms with Gasteiger partial charge in [-0.1, -0.05) is 29.9 Å². The Balaban J connectivity index is 2.44. The number of thiocarbonyl (C=S) groups is 1. The van der Waals surface area contributed by atoms with Gasteiger partial charge < -0.3 is 15.9 Å². The maximum absolute atomic E-state index is 12.5. The zero-order valence-corrected chi connectivity index (χ0v) is 12.6. The van der Waals surface area contributed by atoms with Gasteiger partial charge in [-0.15, -0.1) is 0 Å². The van der Waals surface area contributed by atoms with Crippen LogP contribution in [0.2, 0.25) is 5.02 Å². The van der Waals surface area contributed by atoms with Gasteiger partial charge in [0, 0.05) is 18.7 Å². The van der Waals surface area contributed by atoms with Crippen molar-refractivity contribution in [2.45, 2.75) is 17.1 Å². The number of aliphatic hydroxyl groups excluding tert-OH is 2. The molecule has 1 aromatic carbocycles. The van der Waals surface area contributed by atoms with Crippen LogP contribution in [0.5, 0.6) is 0 Å². The van der Waals surface area contributed by atoms with Gasteiger partial charge in [-0.25, -0.2) is 8.42 Å². The zero-order valence-electron chi connectivity index (χ0n) is 10.2. The first kappa shape index (κ1) is 15.6. The normalized spacial score (nSPS) is 23.9. The molecule has 2 atom stereocenters. The van der Waals surface area contributed by atoms with Crippen molar-refractivity contribution >= 4 is 38.8 Å². The Morgan fingerprint density at radius 3 is 2.40 bits per heavy atom. The van der Waals surface area contributed by atoms with Crippen molar-refractivity contribution in [3.63, 3.8) is 0 Å². The molecule has 2 unspecified atom stereocenters. The van der Waals surface area contributed by atoms with E-state index in [2.05, 4.69) is 0 Å². The Kier molecular flexibility index (Phi) is 4.33. The second kappa shape index (κ2) is 5.55. The maximum atomic E-state index is 12.5. The molecule has 4 N–H and O–H groups in total. The summed E-state index contributed by atoms with van der Waals surface area (Å²) in [4.78, 5) is -0.0922. The lowest BCUT2D eigenvalue weighted by Crippen LogP contribution is -2.30. The molecule has 1 saturated heterocycles. The van der Waals surface area contributed by atoms with E-state index in [1.165, 1.54) is 18.2 Å². The lowest BCUT2D eigenvalue weighted by atomic mass is 10.2. The Hall–Kier alpha value is -0.770. The fraction of sp³-hybridized carbons (Fsp3) is 0.364. The first-order chi connectivity index (χ1) is 9.23. The van der Waals surface area contributed by atoms with Crippen LogP contribution in [-0.4, -0.2) is 53.2 Å². The van der Waals surface area contributed by atoms with E-state index in [9.17, 15) is 18.6 Å². The van der Waals surface area contributed by atoms with Crippen LogP contribution in [-0.2, 0) is 10.0 Å². The van der Waals surface area contributed by atoms with E-state index in [1.807, 2.05) is 0 Å².